The summed E-state index contributed by atoms with van der Waals surface area (Å²) in [5.41, 5.74) is 9.90. The molecule has 2 nitrogen and oxygen atoms in total. The molecule has 53 heavy (non-hydrogen) atoms. The smallest absolute Gasteiger partial charge is 0.159 e. The van der Waals surface area contributed by atoms with Gasteiger partial charge in [-0.15, -0.1) is 0 Å². The van der Waals surface area contributed by atoms with E-state index >= 15 is 0 Å². The Labute approximate surface area is 306 Å². The van der Waals surface area contributed by atoms with E-state index in [0.29, 0.717) is 0 Å². The zero-order valence-electron chi connectivity index (χ0n) is 29.4. The van der Waals surface area contributed by atoms with Crippen LogP contribution in [0.2, 0.25) is 0 Å². The largest absolute Gasteiger partial charge is 0.453 e. The molecule has 0 saturated heterocycles. The number of benzene rings is 10. The maximum atomic E-state index is 7.11. The summed E-state index contributed by atoms with van der Waals surface area (Å²) in [5, 5.41) is 15.5. The highest BCUT2D eigenvalue weighted by molar-refractivity contribution is 6.42. The first kappa shape index (κ1) is 29.0. The van der Waals surface area contributed by atoms with Crippen LogP contribution in [0, 0.1) is 0 Å². The standard InChI is InChI=1S/C51H33NO/c1-51(2)40-26-12-25-39-45(40)47-44-35(34-20-9-16-31-28-29-41(51)46(47)43(31)34)21-11-24-38(44)48(39)52(32-17-7-4-8-18-32)42-27-13-23-37-36-22-10-19-33(49(36)53-50(37)42)30-14-5-3-6-15-30/h3-29H,1-2H3. The third kappa shape index (κ3) is 3.67. The molecule has 0 fully saturated rings. The van der Waals surface area contributed by atoms with Crippen molar-refractivity contribution in [1.82, 2.24) is 0 Å². The molecule has 0 bridgehead atoms. The second-order valence-electron chi connectivity index (χ2n) is 15.2. The lowest BCUT2D eigenvalue weighted by Crippen LogP contribution is -2.23. The first-order chi connectivity index (χ1) is 26.1. The van der Waals surface area contributed by atoms with Crippen LogP contribution in [0.5, 0.6) is 0 Å². The Morgan fingerprint density at radius 1 is 0.415 bits per heavy atom. The zero-order chi connectivity index (χ0) is 35.0. The second kappa shape index (κ2) is 10.2. The van der Waals surface area contributed by atoms with Crippen molar-refractivity contribution in [1.29, 1.82) is 0 Å². The van der Waals surface area contributed by atoms with Gasteiger partial charge in [-0.1, -0.05) is 159 Å². The van der Waals surface area contributed by atoms with Crippen LogP contribution in [-0.2, 0) is 5.41 Å². The van der Waals surface area contributed by atoms with E-state index in [-0.39, 0.29) is 5.41 Å². The predicted octanol–water partition coefficient (Wildman–Crippen LogP) is 14.6. The SMILES string of the molecule is CC1(C)c2cccc3c(N(c4ccccc4)c4cccc5c4oc4c(-c6ccccc6)cccc45)c4cccc5c6cccc7ccc1c(c76)c(c23)c45. The fraction of sp³-hybridized carbons (Fsp3) is 0.0588. The average molecular weight is 676 g/mol. The lowest BCUT2D eigenvalue weighted by atomic mass is 9.68. The number of furan rings is 1. The Morgan fingerprint density at radius 3 is 1.83 bits per heavy atom. The Morgan fingerprint density at radius 2 is 1.02 bits per heavy atom. The molecule has 0 aliphatic heterocycles. The molecule has 248 valence electrons. The van der Waals surface area contributed by atoms with E-state index in [1.807, 2.05) is 0 Å². The average Bonchev–Trinajstić information content (AvgIpc) is 3.60. The molecule has 0 N–H and O–H groups in total. The normalized spacial score (nSPS) is 13.6. The summed E-state index contributed by atoms with van der Waals surface area (Å²) in [6, 6.07) is 60.0. The molecule has 0 radical (unpaired) electrons. The molecular formula is C51H33NO. The van der Waals surface area contributed by atoms with Gasteiger partial charge in [0.15, 0.2) is 5.58 Å². The van der Waals surface area contributed by atoms with E-state index in [0.717, 1.165) is 44.4 Å². The van der Waals surface area contributed by atoms with Gasteiger partial charge in [0.2, 0.25) is 0 Å². The predicted molar refractivity (Wildman–Crippen MR) is 225 cm³/mol. The first-order valence-corrected chi connectivity index (χ1v) is 18.5. The molecule has 0 unspecified atom stereocenters. The topological polar surface area (TPSA) is 16.4 Å². The summed E-state index contributed by atoms with van der Waals surface area (Å²) < 4.78 is 7.11. The minimum absolute atomic E-state index is 0.190. The maximum Gasteiger partial charge on any atom is 0.159 e. The lowest BCUT2D eigenvalue weighted by molar-refractivity contribution is 0.652. The van der Waals surface area contributed by atoms with Gasteiger partial charge in [-0.3, -0.25) is 0 Å². The second-order valence-corrected chi connectivity index (χ2v) is 15.2. The van der Waals surface area contributed by atoms with Crippen LogP contribution in [0.15, 0.2) is 168 Å². The lowest BCUT2D eigenvalue weighted by Gasteiger charge is -2.37. The van der Waals surface area contributed by atoms with E-state index < -0.39 is 0 Å². The van der Waals surface area contributed by atoms with Crippen molar-refractivity contribution in [3.05, 3.63) is 175 Å². The Kier molecular flexibility index (Phi) is 5.60. The molecule has 11 aromatic rings. The van der Waals surface area contributed by atoms with E-state index in [1.165, 1.54) is 70.7 Å². The molecular weight excluding hydrogens is 643 g/mol. The van der Waals surface area contributed by atoms with E-state index in [9.17, 15) is 0 Å². The molecule has 0 saturated carbocycles. The summed E-state index contributed by atoms with van der Waals surface area (Å²) in [4.78, 5) is 2.47. The van der Waals surface area contributed by atoms with Crippen molar-refractivity contribution in [3.8, 4) is 11.1 Å². The maximum absolute atomic E-state index is 7.11. The van der Waals surface area contributed by atoms with E-state index in [2.05, 4.69) is 183 Å². The van der Waals surface area contributed by atoms with Crippen LogP contribution < -0.4 is 4.90 Å². The van der Waals surface area contributed by atoms with Crippen LogP contribution in [0.3, 0.4) is 0 Å². The monoisotopic (exact) mass is 675 g/mol. The van der Waals surface area contributed by atoms with Crippen LogP contribution >= 0.6 is 0 Å². The van der Waals surface area contributed by atoms with Gasteiger partial charge < -0.3 is 9.32 Å². The number of fused-ring (bicyclic) bond motifs is 4. The van der Waals surface area contributed by atoms with Gasteiger partial charge in [0.25, 0.3) is 0 Å². The molecule has 1 heterocycles. The number of para-hydroxylation sites is 3. The number of hydrogen-bond donors (Lipinski definition) is 0. The molecule has 1 aliphatic carbocycles. The minimum atomic E-state index is -0.190. The summed E-state index contributed by atoms with van der Waals surface area (Å²) in [6.45, 7) is 4.81. The van der Waals surface area contributed by atoms with Gasteiger partial charge in [-0.05, 0) is 72.6 Å². The number of rotatable bonds is 4. The highest BCUT2D eigenvalue weighted by Crippen LogP contribution is 2.57. The Balaban J connectivity index is 1.28. The third-order valence-corrected chi connectivity index (χ3v) is 12.1. The summed E-state index contributed by atoms with van der Waals surface area (Å²) in [6.07, 6.45) is 0. The van der Waals surface area contributed by atoms with Gasteiger partial charge in [-0.2, -0.15) is 0 Å². The molecule has 0 spiro atoms. The highest BCUT2D eigenvalue weighted by atomic mass is 16.3. The van der Waals surface area contributed by atoms with E-state index in [4.69, 9.17) is 4.42 Å². The van der Waals surface area contributed by atoms with E-state index in [1.54, 1.807) is 0 Å². The van der Waals surface area contributed by atoms with Crippen LogP contribution in [0.4, 0.5) is 17.1 Å². The van der Waals surface area contributed by atoms with Crippen molar-refractivity contribution in [3.63, 3.8) is 0 Å². The number of anilines is 3. The first-order valence-electron chi connectivity index (χ1n) is 18.5. The van der Waals surface area contributed by atoms with Crippen molar-refractivity contribution in [2.75, 3.05) is 4.90 Å². The molecule has 12 rings (SSSR count). The number of hydrogen-bond acceptors (Lipinski definition) is 2. The van der Waals surface area contributed by atoms with Crippen molar-refractivity contribution in [2.45, 2.75) is 19.3 Å². The Bertz CT molecular complexity index is 3300. The van der Waals surface area contributed by atoms with Crippen molar-refractivity contribution < 1.29 is 4.42 Å². The number of nitrogens with zero attached hydrogens (tertiary/aromatic N) is 1. The van der Waals surface area contributed by atoms with Crippen molar-refractivity contribution >= 4 is 92.9 Å². The van der Waals surface area contributed by atoms with Crippen LogP contribution in [0.25, 0.3) is 86.9 Å². The molecule has 2 heteroatoms. The molecule has 10 aromatic carbocycles. The summed E-state index contributed by atoms with van der Waals surface area (Å²) >= 11 is 0. The van der Waals surface area contributed by atoms with Crippen molar-refractivity contribution in [2.24, 2.45) is 0 Å². The van der Waals surface area contributed by atoms with Crippen LogP contribution in [-0.4, -0.2) is 0 Å². The molecule has 0 atom stereocenters. The fourth-order valence-electron chi connectivity index (χ4n) is 9.87. The van der Waals surface area contributed by atoms with Gasteiger partial charge in [-0.25, -0.2) is 0 Å². The van der Waals surface area contributed by atoms with Gasteiger partial charge in [0.05, 0.1) is 11.4 Å². The quantitative estimate of drug-likeness (QED) is 0.136. The molecule has 1 aromatic heterocycles. The van der Waals surface area contributed by atoms with Gasteiger partial charge in [0.1, 0.15) is 5.58 Å². The molecule has 0 amide bonds. The summed E-state index contributed by atoms with van der Waals surface area (Å²) in [7, 11) is 0. The molecule has 1 aliphatic rings. The Hall–Kier alpha value is -6.64. The highest BCUT2D eigenvalue weighted by Gasteiger charge is 2.36. The third-order valence-electron chi connectivity index (χ3n) is 12.1. The summed E-state index contributed by atoms with van der Waals surface area (Å²) in [5.74, 6) is 0. The fourth-order valence-corrected chi connectivity index (χ4v) is 9.87. The van der Waals surface area contributed by atoms with Crippen LogP contribution in [0.1, 0.15) is 25.0 Å². The van der Waals surface area contributed by atoms with Gasteiger partial charge in [0, 0.05) is 43.6 Å². The minimum Gasteiger partial charge on any atom is -0.453 e. The zero-order valence-corrected chi connectivity index (χ0v) is 29.4. The van der Waals surface area contributed by atoms with Gasteiger partial charge >= 0.3 is 0 Å².